The Bertz CT molecular complexity index is 903. The summed E-state index contributed by atoms with van der Waals surface area (Å²) in [6, 6.07) is 7.59. The third kappa shape index (κ3) is 3.73. The van der Waals surface area contributed by atoms with Crippen LogP contribution in [-0.2, 0) is 9.53 Å². The number of ether oxygens (including phenoxy) is 3. The van der Waals surface area contributed by atoms with Crippen molar-refractivity contribution in [1.82, 2.24) is 10.3 Å². The molecule has 2 aliphatic heterocycles. The number of nitriles is 1. The molecule has 2 N–H and O–H groups in total. The van der Waals surface area contributed by atoms with E-state index in [0.717, 1.165) is 23.7 Å². The average Bonchev–Trinajstić information content (AvgIpc) is 3.36. The van der Waals surface area contributed by atoms with Gasteiger partial charge in [0.25, 0.3) is 0 Å². The monoisotopic (exact) mass is 368 g/mol. The first-order valence-corrected chi connectivity index (χ1v) is 9.02. The number of benzene rings is 1. The first kappa shape index (κ1) is 17.4. The molecule has 140 valence electrons. The largest absolute Gasteiger partial charge is 0.454 e. The van der Waals surface area contributed by atoms with Gasteiger partial charge in [-0.2, -0.15) is 5.26 Å². The van der Waals surface area contributed by atoms with E-state index in [1.807, 2.05) is 12.1 Å². The number of rotatable bonds is 6. The van der Waals surface area contributed by atoms with Crippen LogP contribution in [0.4, 0.5) is 5.82 Å². The van der Waals surface area contributed by atoms with Crippen molar-refractivity contribution < 1.29 is 19.0 Å². The van der Waals surface area contributed by atoms with Gasteiger partial charge in [0.15, 0.2) is 11.5 Å². The van der Waals surface area contributed by atoms with Crippen LogP contribution in [0.5, 0.6) is 11.5 Å². The van der Waals surface area contributed by atoms with Crippen LogP contribution >= 0.6 is 0 Å². The maximum Gasteiger partial charge on any atom is 0.249 e. The standard InChI is InChI=1S/C19H20N4O4/c20-10-13-7-12-8-16-17(27-11-26-16)9-14(12)23-18(13)21-4-2-5-22-19(24)15-3-1-6-25-15/h7-9,15H,1-6,11H2,(H,21,23)(H,22,24). The molecule has 1 fully saturated rings. The highest BCUT2D eigenvalue weighted by molar-refractivity contribution is 5.86. The van der Waals surface area contributed by atoms with Gasteiger partial charge in [-0.05, 0) is 31.4 Å². The van der Waals surface area contributed by atoms with E-state index in [4.69, 9.17) is 14.2 Å². The molecule has 0 aliphatic carbocycles. The zero-order valence-corrected chi connectivity index (χ0v) is 14.8. The van der Waals surface area contributed by atoms with E-state index < -0.39 is 0 Å². The molecule has 1 saturated heterocycles. The molecule has 1 amide bonds. The van der Waals surface area contributed by atoms with Crippen LogP contribution in [0.3, 0.4) is 0 Å². The third-order valence-corrected chi connectivity index (χ3v) is 4.60. The van der Waals surface area contributed by atoms with Gasteiger partial charge >= 0.3 is 0 Å². The van der Waals surface area contributed by atoms with Crippen molar-refractivity contribution in [2.75, 3.05) is 31.8 Å². The van der Waals surface area contributed by atoms with Crippen LogP contribution in [0.15, 0.2) is 18.2 Å². The van der Waals surface area contributed by atoms with Crippen LogP contribution < -0.4 is 20.1 Å². The normalized spacial score (nSPS) is 17.7. The van der Waals surface area contributed by atoms with E-state index in [9.17, 15) is 10.1 Å². The van der Waals surface area contributed by atoms with E-state index in [0.29, 0.717) is 49.0 Å². The fraction of sp³-hybridized carbons (Fsp3) is 0.421. The molecule has 0 bridgehead atoms. The van der Waals surface area contributed by atoms with Crippen molar-refractivity contribution in [3.05, 3.63) is 23.8 Å². The number of fused-ring (bicyclic) bond motifs is 2. The molecule has 1 unspecified atom stereocenters. The Morgan fingerprint density at radius 2 is 2.11 bits per heavy atom. The van der Waals surface area contributed by atoms with Crippen molar-refractivity contribution in [1.29, 1.82) is 5.26 Å². The Kier molecular flexibility index (Phi) is 4.94. The maximum atomic E-state index is 11.9. The number of hydrogen-bond acceptors (Lipinski definition) is 7. The van der Waals surface area contributed by atoms with Gasteiger partial charge in [-0.25, -0.2) is 4.98 Å². The topological polar surface area (TPSA) is 106 Å². The Morgan fingerprint density at radius 3 is 2.89 bits per heavy atom. The number of carbonyl (C=O) groups excluding carboxylic acids is 1. The minimum Gasteiger partial charge on any atom is -0.454 e. The Labute approximate surface area is 156 Å². The summed E-state index contributed by atoms with van der Waals surface area (Å²) in [5.74, 6) is 1.79. The van der Waals surface area contributed by atoms with Gasteiger partial charge in [0, 0.05) is 31.1 Å². The molecule has 8 heteroatoms. The van der Waals surface area contributed by atoms with Crippen LogP contribution in [0.2, 0.25) is 0 Å². The van der Waals surface area contributed by atoms with Crippen molar-refractivity contribution in [3.8, 4) is 17.6 Å². The van der Waals surface area contributed by atoms with E-state index in [2.05, 4.69) is 21.7 Å². The minimum absolute atomic E-state index is 0.0508. The quantitative estimate of drug-likeness (QED) is 0.751. The van der Waals surface area contributed by atoms with Crippen molar-refractivity contribution in [3.63, 3.8) is 0 Å². The fourth-order valence-corrected chi connectivity index (χ4v) is 3.19. The minimum atomic E-state index is -0.307. The Morgan fingerprint density at radius 1 is 1.26 bits per heavy atom. The summed E-state index contributed by atoms with van der Waals surface area (Å²) < 4.78 is 16.1. The van der Waals surface area contributed by atoms with Gasteiger partial charge in [-0.3, -0.25) is 4.79 Å². The molecule has 27 heavy (non-hydrogen) atoms. The zero-order chi connectivity index (χ0) is 18.6. The summed E-state index contributed by atoms with van der Waals surface area (Å²) in [6.45, 7) is 1.98. The molecule has 1 aromatic heterocycles. The van der Waals surface area contributed by atoms with Crippen molar-refractivity contribution >= 4 is 22.6 Å². The lowest BCUT2D eigenvalue weighted by Gasteiger charge is -2.12. The lowest BCUT2D eigenvalue weighted by molar-refractivity contribution is -0.130. The van der Waals surface area contributed by atoms with Crippen molar-refractivity contribution in [2.24, 2.45) is 0 Å². The molecule has 1 atom stereocenters. The highest BCUT2D eigenvalue weighted by Crippen LogP contribution is 2.36. The molecule has 8 nitrogen and oxygen atoms in total. The summed E-state index contributed by atoms with van der Waals surface area (Å²) in [5, 5.41) is 16.3. The van der Waals surface area contributed by atoms with Crippen LogP contribution in [-0.4, -0.2) is 43.5 Å². The Balaban J connectivity index is 1.36. The van der Waals surface area contributed by atoms with E-state index in [1.165, 1.54) is 0 Å². The smallest absolute Gasteiger partial charge is 0.249 e. The van der Waals surface area contributed by atoms with Gasteiger partial charge in [0.2, 0.25) is 12.7 Å². The maximum absolute atomic E-state index is 11.9. The summed E-state index contributed by atoms with van der Waals surface area (Å²) in [7, 11) is 0. The fourth-order valence-electron chi connectivity index (χ4n) is 3.19. The molecular formula is C19H20N4O4. The van der Waals surface area contributed by atoms with Gasteiger partial charge in [-0.15, -0.1) is 0 Å². The lowest BCUT2D eigenvalue weighted by atomic mass is 10.1. The predicted molar refractivity (Wildman–Crippen MR) is 97.7 cm³/mol. The van der Waals surface area contributed by atoms with Gasteiger partial charge < -0.3 is 24.8 Å². The molecule has 3 heterocycles. The highest BCUT2D eigenvalue weighted by Gasteiger charge is 2.22. The van der Waals surface area contributed by atoms with Crippen molar-refractivity contribution in [2.45, 2.75) is 25.4 Å². The second-order valence-electron chi connectivity index (χ2n) is 6.47. The highest BCUT2D eigenvalue weighted by atomic mass is 16.7. The molecule has 2 aliphatic rings. The number of pyridine rings is 1. The lowest BCUT2D eigenvalue weighted by Crippen LogP contribution is -2.35. The third-order valence-electron chi connectivity index (χ3n) is 4.60. The first-order valence-electron chi connectivity index (χ1n) is 9.02. The SMILES string of the molecule is N#Cc1cc2cc3c(cc2nc1NCCCNC(=O)C1CCCO1)OCO3. The second-order valence-corrected chi connectivity index (χ2v) is 6.47. The number of aromatic nitrogens is 1. The van der Waals surface area contributed by atoms with Crippen LogP contribution in [0.1, 0.15) is 24.8 Å². The molecule has 0 saturated carbocycles. The number of nitrogens with zero attached hydrogens (tertiary/aromatic N) is 2. The molecule has 0 spiro atoms. The van der Waals surface area contributed by atoms with Crippen LogP contribution in [0, 0.1) is 11.3 Å². The molecule has 1 aromatic carbocycles. The Hall–Kier alpha value is -3.05. The zero-order valence-electron chi connectivity index (χ0n) is 14.8. The van der Waals surface area contributed by atoms with E-state index in [-0.39, 0.29) is 18.8 Å². The number of amides is 1. The number of nitrogens with one attached hydrogen (secondary N) is 2. The summed E-state index contributed by atoms with van der Waals surface area (Å²) in [6.07, 6.45) is 2.13. The predicted octanol–water partition coefficient (Wildman–Crippen LogP) is 1.93. The second kappa shape index (κ2) is 7.68. The van der Waals surface area contributed by atoms with Crippen LogP contribution in [0.25, 0.3) is 10.9 Å². The first-order chi connectivity index (χ1) is 13.2. The van der Waals surface area contributed by atoms with Gasteiger partial charge in [-0.1, -0.05) is 0 Å². The summed E-state index contributed by atoms with van der Waals surface area (Å²) in [5.41, 5.74) is 1.19. The van der Waals surface area contributed by atoms with Gasteiger partial charge in [0.05, 0.1) is 11.1 Å². The number of hydrogen-bond donors (Lipinski definition) is 2. The average molecular weight is 368 g/mol. The molecule has 4 rings (SSSR count). The molecule has 2 aromatic rings. The molecular weight excluding hydrogens is 348 g/mol. The number of carbonyl (C=O) groups is 1. The van der Waals surface area contributed by atoms with E-state index >= 15 is 0 Å². The van der Waals surface area contributed by atoms with E-state index in [1.54, 1.807) is 6.07 Å². The summed E-state index contributed by atoms with van der Waals surface area (Å²) in [4.78, 5) is 16.4. The van der Waals surface area contributed by atoms with Gasteiger partial charge in [0.1, 0.15) is 18.0 Å². The number of anilines is 1. The summed E-state index contributed by atoms with van der Waals surface area (Å²) >= 11 is 0. The molecule has 0 radical (unpaired) electrons.